The summed E-state index contributed by atoms with van der Waals surface area (Å²) >= 11 is 0. The van der Waals surface area contributed by atoms with Gasteiger partial charge in [0.2, 0.25) is 0 Å². The molecule has 0 saturated carbocycles. The van der Waals surface area contributed by atoms with Crippen molar-refractivity contribution in [2.75, 3.05) is 0 Å². The predicted octanol–water partition coefficient (Wildman–Crippen LogP) is 14.0. The summed E-state index contributed by atoms with van der Waals surface area (Å²) in [5.74, 6) is 0. The lowest BCUT2D eigenvalue weighted by molar-refractivity contribution is 0.672. The van der Waals surface area contributed by atoms with Gasteiger partial charge < -0.3 is 4.42 Å². The molecule has 3 nitrogen and oxygen atoms in total. The van der Waals surface area contributed by atoms with Gasteiger partial charge in [-0.25, -0.2) is 4.98 Å². The summed E-state index contributed by atoms with van der Waals surface area (Å²) < 4.78 is 8.94. The van der Waals surface area contributed by atoms with Crippen LogP contribution in [0.1, 0.15) is 0 Å². The standard InChI is InChI=1S/C51H30N2O/c1-2-12-34-29-36(26-23-31(34)11-1)48-39-15-5-3-13-37(39)47(38-14-4-6-16-40(38)48)33-24-21-32(22-25-33)35-27-28-46-43(30-35)49-50(54-46)41-17-7-8-18-42(41)51-52-44-19-9-10-20-45(44)53(49)51/h1-30H. The van der Waals surface area contributed by atoms with Crippen molar-refractivity contribution in [1.29, 1.82) is 0 Å². The fourth-order valence-corrected chi connectivity index (χ4v) is 8.90. The Balaban J connectivity index is 1.04. The molecule has 0 unspecified atom stereocenters. The maximum Gasteiger partial charge on any atom is 0.160 e. The first-order valence-electron chi connectivity index (χ1n) is 18.5. The molecule has 0 fully saturated rings. The van der Waals surface area contributed by atoms with Gasteiger partial charge >= 0.3 is 0 Å². The van der Waals surface area contributed by atoms with Crippen molar-refractivity contribution in [2.24, 2.45) is 0 Å². The molecule has 0 amide bonds. The van der Waals surface area contributed by atoms with Crippen LogP contribution in [0.4, 0.5) is 0 Å². The fraction of sp³-hybridized carbons (Fsp3) is 0. The van der Waals surface area contributed by atoms with Crippen molar-refractivity contribution >= 4 is 81.8 Å². The number of hydrogen-bond donors (Lipinski definition) is 0. The smallest absolute Gasteiger partial charge is 0.160 e. The van der Waals surface area contributed by atoms with Crippen LogP contribution in [0.15, 0.2) is 186 Å². The van der Waals surface area contributed by atoms with Crippen LogP contribution in [0.3, 0.4) is 0 Å². The van der Waals surface area contributed by atoms with E-state index in [-0.39, 0.29) is 0 Å². The molecule has 0 bridgehead atoms. The number of para-hydroxylation sites is 2. The Labute approximate surface area is 310 Å². The van der Waals surface area contributed by atoms with E-state index in [0.29, 0.717) is 0 Å². The lowest BCUT2D eigenvalue weighted by Gasteiger charge is -2.18. The Morgan fingerprint density at radius 3 is 1.69 bits per heavy atom. The molecule has 12 aromatic rings. The summed E-state index contributed by atoms with van der Waals surface area (Å²) in [6.07, 6.45) is 0. The molecule has 0 atom stereocenters. The zero-order valence-corrected chi connectivity index (χ0v) is 29.1. The van der Waals surface area contributed by atoms with Crippen LogP contribution in [0.25, 0.3) is 115 Å². The van der Waals surface area contributed by atoms with Gasteiger partial charge in [0.1, 0.15) is 16.7 Å². The molecule has 0 radical (unpaired) electrons. The van der Waals surface area contributed by atoms with Gasteiger partial charge in [0, 0.05) is 16.2 Å². The number of furan rings is 1. The average molecular weight is 687 g/mol. The van der Waals surface area contributed by atoms with Gasteiger partial charge in [0.05, 0.1) is 11.0 Å². The Hall–Kier alpha value is -7.23. The Morgan fingerprint density at radius 2 is 0.944 bits per heavy atom. The van der Waals surface area contributed by atoms with E-state index >= 15 is 0 Å². The van der Waals surface area contributed by atoms with E-state index in [2.05, 4.69) is 180 Å². The van der Waals surface area contributed by atoms with Crippen LogP contribution in [-0.2, 0) is 0 Å². The third-order valence-electron chi connectivity index (χ3n) is 11.3. The summed E-state index contributed by atoms with van der Waals surface area (Å²) in [4.78, 5) is 5.10. The van der Waals surface area contributed by atoms with Crippen LogP contribution in [-0.4, -0.2) is 9.38 Å². The molecule has 0 aliphatic carbocycles. The zero-order valence-electron chi connectivity index (χ0n) is 29.1. The van der Waals surface area contributed by atoms with E-state index in [1.807, 2.05) is 6.07 Å². The number of aromatic nitrogens is 2. The maximum absolute atomic E-state index is 6.66. The van der Waals surface area contributed by atoms with Crippen LogP contribution >= 0.6 is 0 Å². The third-order valence-corrected chi connectivity index (χ3v) is 11.3. The molecule has 0 aliphatic heterocycles. The zero-order chi connectivity index (χ0) is 35.3. The molecule has 3 heterocycles. The van der Waals surface area contributed by atoms with E-state index in [9.17, 15) is 0 Å². The highest BCUT2D eigenvalue weighted by atomic mass is 16.3. The summed E-state index contributed by atoms with van der Waals surface area (Å²) in [6, 6.07) is 65.6. The van der Waals surface area contributed by atoms with Crippen LogP contribution < -0.4 is 0 Å². The van der Waals surface area contributed by atoms with Crippen molar-refractivity contribution in [3.8, 4) is 33.4 Å². The SMILES string of the molecule is c1ccc2cc(-c3c4ccccc4c(-c4ccc(-c5ccc6oc7c8ccccc8c8nc9ccccc9n8c7c6c5)cc4)c4ccccc34)ccc2c1. The minimum absolute atomic E-state index is 0.866. The van der Waals surface area contributed by atoms with Gasteiger partial charge in [0.25, 0.3) is 0 Å². The van der Waals surface area contributed by atoms with E-state index in [4.69, 9.17) is 9.40 Å². The highest BCUT2D eigenvalue weighted by Crippen LogP contribution is 2.45. The molecule has 0 aliphatic rings. The number of imidazole rings is 1. The number of rotatable bonds is 3. The number of fused-ring (bicyclic) bond motifs is 13. The predicted molar refractivity (Wildman–Crippen MR) is 226 cm³/mol. The molecule has 0 spiro atoms. The topological polar surface area (TPSA) is 30.4 Å². The van der Waals surface area contributed by atoms with E-state index in [1.54, 1.807) is 0 Å². The highest BCUT2D eigenvalue weighted by Gasteiger charge is 2.20. The number of hydrogen-bond acceptors (Lipinski definition) is 2. The van der Waals surface area contributed by atoms with Gasteiger partial charge in [-0.15, -0.1) is 0 Å². The lowest BCUT2D eigenvalue weighted by atomic mass is 9.85. The average Bonchev–Trinajstić information content (AvgIpc) is 3.82. The van der Waals surface area contributed by atoms with E-state index < -0.39 is 0 Å². The molecule has 0 saturated heterocycles. The second kappa shape index (κ2) is 11.1. The van der Waals surface area contributed by atoms with E-state index in [0.717, 1.165) is 60.6 Å². The largest absolute Gasteiger partial charge is 0.454 e. The molecule has 9 aromatic carbocycles. The lowest BCUT2D eigenvalue weighted by Crippen LogP contribution is -1.91. The Bertz CT molecular complexity index is 3440. The maximum atomic E-state index is 6.66. The first-order valence-corrected chi connectivity index (χ1v) is 18.5. The highest BCUT2D eigenvalue weighted by molar-refractivity contribution is 6.22. The Kier molecular flexibility index (Phi) is 6.05. The minimum Gasteiger partial charge on any atom is -0.454 e. The first-order chi connectivity index (χ1) is 26.8. The number of pyridine rings is 1. The van der Waals surface area contributed by atoms with Crippen LogP contribution in [0.2, 0.25) is 0 Å². The quantitative estimate of drug-likeness (QED) is 0.173. The first kappa shape index (κ1) is 29.4. The molecule has 0 N–H and O–H groups in total. The summed E-state index contributed by atoms with van der Waals surface area (Å²) in [5.41, 5.74) is 13.1. The van der Waals surface area contributed by atoms with Crippen molar-refractivity contribution in [2.45, 2.75) is 0 Å². The normalized spacial score (nSPS) is 12.1. The number of benzene rings is 9. The van der Waals surface area contributed by atoms with Crippen molar-refractivity contribution in [3.63, 3.8) is 0 Å². The molecule has 250 valence electrons. The molecule has 3 aromatic heterocycles. The molecular formula is C51H30N2O. The van der Waals surface area contributed by atoms with Gasteiger partial charge in [-0.3, -0.25) is 4.40 Å². The molecule has 54 heavy (non-hydrogen) atoms. The Morgan fingerprint density at radius 1 is 0.389 bits per heavy atom. The summed E-state index contributed by atoms with van der Waals surface area (Å²) in [6.45, 7) is 0. The van der Waals surface area contributed by atoms with Crippen molar-refractivity contribution in [1.82, 2.24) is 9.38 Å². The van der Waals surface area contributed by atoms with Gasteiger partial charge in [0.15, 0.2) is 5.58 Å². The fourth-order valence-electron chi connectivity index (χ4n) is 8.90. The van der Waals surface area contributed by atoms with Crippen LogP contribution in [0, 0.1) is 0 Å². The van der Waals surface area contributed by atoms with Gasteiger partial charge in [-0.1, -0.05) is 152 Å². The van der Waals surface area contributed by atoms with Gasteiger partial charge in [-0.05, 0) is 96.0 Å². The van der Waals surface area contributed by atoms with Gasteiger partial charge in [-0.2, -0.15) is 0 Å². The summed E-state index contributed by atoms with van der Waals surface area (Å²) in [5, 5.41) is 10.8. The minimum atomic E-state index is 0.866. The second-order valence-electron chi connectivity index (χ2n) is 14.3. The third kappa shape index (κ3) is 4.15. The molecule has 12 rings (SSSR count). The second-order valence-corrected chi connectivity index (χ2v) is 14.3. The van der Waals surface area contributed by atoms with Crippen LogP contribution in [0.5, 0.6) is 0 Å². The van der Waals surface area contributed by atoms with E-state index in [1.165, 1.54) is 54.6 Å². The number of nitrogens with zero attached hydrogens (tertiary/aromatic N) is 2. The molecule has 3 heteroatoms. The molecular weight excluding hydrogens is 657 g/mol. The van der Waals surface area contributed by atoms with Crippen molar-refractivity contribution in [3.05, 3.63) is 182 Å². The summed E-state index contributed by atoms with van der Waals surface area (Å²) in [7, 11) is 0. The monoisotopic (exact) mass is 686 g/mol. The van der Waals surface area contributed by atoms with Crippen molar-refractivity contribution < 1.29 is 4.42 Å².